The molecule has 0 heterocycles. The zero-order chi connectivity index (χ0) is 8.97. The molecule has 0 aromatic heterocycles. The molecule has 1 atom stereocenters. The predicted molar refractivity (Wildman–Crippen MR) is 45.9 cm³/mol. The zero-order valence-electron chi connectivity index (χ0n) is 6.99. The summed E-state index contributed by atoms with van der Waals surface area (Å²) in [6, 6.07) is 7.54. The van der Waals surface area contributed by atoms with Crippen molar-refractivity contribution in [2.45, 2.75) is 13.0 Å². The molecule has 66 valence electrons. The van der Waals surface area contributed by atoms with Gasteiger partial charge in [-0.25, -0.2) is 5.48 Å². The summed E-state index contributed by atoms with van der Waals surface area (Å²) in [4.78, 5) is 0. The van der Waals surface area contributed by atoms with Crippen LogP contribution in [0.15, 0.2) is 24.3 Å². The largest absolute Gasteiger partial charge is 0.387 e. The van der Waals surface area contributed by atoms with Crippen molar-refractivity contribution >= 4 is 0 Å². The smallest absolute Gasteiger partial charge is 0.0937 e. The molecule has 1 unspecified atom stereocenters. The van der Waals surface area contributed by atoms with Gasteiger partial charge in [0.2, 0.25) is 0 Å². The van der Waals surface area contributed by atoms with E-state index in [1.54, 1.807) is 0 Å². The average molecular weight is 167 g/mol. The molecule has 0 saturated heterocycles. The number of hydrogen-bond acceptors (Lipinski definition) is 3. The third-order valence-corrected chi connectivity index (χ3v) is 1.75. The van der Waals surface area contributed by atoms with Gasteiger partial charge in [-0.15, -0.1) is 0 Å². The number of hydroxylamine groups is 1. The van der Waals surface area contributed by atoms with Gasteiger partial charge in [0, 0.05) is 0 Å². The molecular weight excluding hydrogens is 154 g/mol. The maximum absolute atomic E-state index is 9.39. The van der Waals surface area contributed by atoms with Crippen LogP contribution in [-0.4, -0.2) is 16.9 Å². The minimum Gasteiger partial charge on any atom is -0.387 e. The Morgan fingerprint density at radius 1 is 1.33 bits per heavy atom. The molecule has 0 aliphatic heterocycles. The van der Waals surface area contributed by atoms with Crippen LogP contribution in [-0.2, 0) is 0 Å². The molecule has 0 spiro atoms. The maximum Gasteiger partial charge on any atom is 0.0937 e. The van der Waals surface area contributed by atoms with Crippen LogP contribution in [0.3, 0.4) is 0 Å². The molecule has 3 nitrogen and oxygen atoms in total. The van der Waals surface area contributed by atoms with Gasteiger partial charge in [-0.1, -0.05) is 29.8 Å². The highest BCUT2D eigenvalue weighted by atomic mass is 16.5. The van der Waals surface area contributed by atoms with Crippen molar-refractivity contribution < 1.29 is 10.3 Å². The molecule has 0 amide bonds. The van der Waals surface area contributed by atoms with E-state index in [1.807, 2.05) is 36.7 Å². The Labute approximate surface area is 71.6 Å². The molecule has 0 radical (unpaired) electrons. The van der Waals surface area contributed by atoms with Gasteiger partial charge in [-0.05, 0) is 12.5 Å². The normalized spacial score (nSPS) is 12.9. The molecule has 3 heteroatoms. The highest BCUT2D eigenvalue weighted by molar-refractivity contribution is 5.23. The van der Waals surface area contributed by atoms with E-state index in [4.69, 9.17) is 5.21 Å². The maximum atomic E-state index is 9.39. The fraction of sp³-hybridized carbons (Fsp3) is 0.333. The zero-order valence-corrected chi connectivity index (χ0v) is 6.99. The number of aliphatic hydroxyl groups is 1. The molecule has 0 fully saturated rings. The van der Waals surface area contributed by atoms with Gasteiger partial charge in [-0.2, -0.15) is 0 Å². The van der Waals surface area contributed by atoms with Gasteiger partial charge in [-0.3, -0.25) is 0 Å². The Hall–Kier alpha value is -0.900. The number of aryl methyl sites for hydroxylation is 1. The third kappa shape index (κ3) is 2.30. The second-order valence-electron chi connectivity index (χ2n) is 2.79. The van der Waals surface area contributed by atoms with E-state index in [0.717, 1.165) is 11.1 Å². The van der Waals surface area contributed by atoms with Crippen molar-refractivity contribution in [3.63, 3.8) is 0 Å². The van der Waals surface area contributed by atoms with Gasteiger partial charge < -0.3 is 10.3 Å². The topological polar surface area (TPSA) is 52.5 Å². The van der Waals surface area contributed by atoms with Gasteiger partial charge in [0.1, 0.15) is 0 Å². The molecule has 1 rings (SSSR count). The minimum atomic E-state index is -0.643. The molecule has 0 bridgehead atoms. The van der Waals surface area contributed by atoms with Crippen LogP contribution < -0.4 is 5.48 Å². The lowest BCUT2D eigenvalue weighted by Gasteiger charge is -2.09. The van der Waals surface area contributed by atoms with Crippen molar-refractivity contribution in [3.8, 4) is 0 Å². The van der Waals surface area contributed by atoms with Crippen LogP contribution in [0.5, 0.6) is 0 Å². The first-order chi connectivity index (χ1) is 5.74. The summed E-state index contributed by atoms with van der Waals surface area (Å²) < 4.78 is 0. The summed E-state index contributed by atoms with van der Waals surface area (Å²) in [5.41, 5.74) is 3.89. The fourth-order valence-corrected chi connectivity index (χ4v) is 0.993. The van der Waals surface area contributed by atoms with Crippen LogP contribution in [0.2, 0.25) is 0 Å². The SMILES string of the molecule is Cc1ccc(C(O)CNO)cc1. The summed E-state index contributed by atoms with van der Waals surface area (Å²) in [5, 5.41) is 17.7. The van der Waals surface area contributed by atoms with Gasteiger partial charge in [0.05, 0.1) is 12.6 Å². The van der Waals surface area contributed by atoms with Gasteiger partial charge in [0.15, 0.2) is 0 Å². The molecule has 0 aliphatic carbocycles. The van der Waals surface area contributed by atoms with Crippen molar-refractivity contribution in [2.24, 2.45) is 0 Å². The molecule has 3 N–H and O–H groups in total. The summed E-state index contributed by atoms with van der Waals surface area (Å²) >= 11 is 0. The summed E-state index contributed by atoms with van der Waals surface area (Å²) in [6.07, 6.45) is -0.643. The van der Waals surface area contributed by atoms with Crippen molar-refractivity contribution in [1.82, 2.24) is 5.48 Å². The molecule has 1 aromatic rings. The van der Waals surface area contributed by atoms with Crippen LogP contribution in [0.25, 0.3) is 0 Å². The molecule has 0 aliphatic rings. The lowest BCUT2D eigenvalue weighted by molar-refractivity contribution is 0.0921. The molecule has 0 saturated carbocycles. The minimum absolute atomic E-state index is 0.156. The second kappa shape index (κ2) is 4.21. The van der Waals surface area contributed by atoms with Crippen LogP contribution in [0.4, 0.5) is 0 Å². The Morgan fingerprint density at radius 3 is 2.42 bits per heavy atom. The Kier molecular flexibility index (Phi) is 3.22. The number of rotatable bonds is 3. The lowest BCUT2D eigenvalue weighted by Crippen LogP contribution is -2.17. The van der Waals surface area contributed by atoms with Gasteiger partial charge >= 0.3 is 0 Å². The van der Waals surface area contributed by atoms with Crippen LogP contribution in [0.1, 0.15) is 17.2 Å². The monoisotopic (exact) mass is 167 g/mol. The second-order valence-corrected chi connectivity index (χ2v) is 2.79. The third-order valence-electron chi connectivity index (χ3n) is 1.75. The first-order valence-corrected chi connectivity index (χ1v) is 3.85. The van der Waals surface area contributed by atoms with Crippen LogP contribution in [0, 0.1) is 6.92 Å². The summed E-state index contributed by atoms with van der Waals surface area (Å²) in [6.45, 7) is 2.14. The Morgan fingerprint density at radius 2 is 1.92 bits per heavy atom. The quantitative estimate of drug-likeness (QED) is 0.589. The van der Waals surface area contributed by atoms with E-state index >= 15 is 0 Å². The van der Waals surface area contributed by atoms with Crippen molar-refractivity contribution in [2.75, 3.05) is 6.54 Å². The van der Waals surface area contributed by atoms with E-state index in [1.165, 1.54) is 0 Å². The highest BCUT2D eigenvalue weighted by Crippen LogP contribution is 2.11. The first-order valence-electron chi connectivity index (χ1n) is 3.85. The number of hydrogen-bond donors (Lipinski definition) is 3. The van der Waals surface area contributed by atoms with E-state index in [0.29, 0.717) is 0 Å². The first kappa shape index (κ1) is 9.19. The fourth-order valence-electron chi connectivity index (χ4n) is 0.993. The Bertz CT molecular complexity index is 233. The molecular formula is C9H13NO2. The summed E-state index contributed by atoms with van der Waals surface area (Å²) in [7, 11) is 0. The van der Waals surface area contributed by atoms with E-state index in [9.17, 15) is 5.11 Å². The molecule has 12 heavy (non-hydrogen) atoms. The number of benzene rings is 1. The van der Waals surface area contributed by atoms with Crippen molar-refractivity contribution in [1.29, 1.82) is 0 Å². The lowest BCUT2D eigenvalue weighted by atomic mass is 10.1. The standard InChI is InChI=1S/C9H13NO2/c1-7-2-4-8(5-3-7)9(11)6-10-12/h2-5,9-12H,6H2,1H3. The predicted octanol–water partition coefficient (Wildman–Crippen LogP) is 1.01. The highest BCUT2D eigenvalue weighted by Gasteiger charge is 2.04. The average Bonchev–Trinajstić information content (AvgIpc) is 2.06. The number of nitrogens with one attached hydrogen (secondary N) is 1. The van der Waals surface area contributed by atoms with E-state index in [2.05, 4.69) is 0 Å². The van der Waals surface area contributed by atoms with Gasteiger partial charge in [0.25, 0.3) is 0 Å². The Balaban J connectivity index is 2.68. The summed E-state index contributed by atoms with van der Waals surface area (Å²) in [5.74, 6) is 0. The van der Waals surface area contributed by atoms with Crippen LogP contribution >= 0.6 is 0 Å². The van der Waals surface area contributed by atoms with E-state index < -0.39 is 6.10 Å². The number of aliphatic hydroxyl groups excluding tert-OH is 1. The van der Waals surface area contributed by atoms with E-state index in [-0.39, 0.29) is 6.54 Å². The van der Waals surface area contributed by atoms with Crippen molar-refractivity contribution in [3.05, 3.63) is 35.4 Å². The molecule has 1 aromatic carbocycles.